The van der Waals surface area contributed by atoms with Crippen molar-refractivity contribution in [1.82, 2.24) is 15.3 Å². The summed E-state index contributed by atoms with van der Waals surface area (Å²) >= 11 is 0. The van der Waals surface area contributed by atoms with Gasteiger partial charge in [-0.25, -0.2) is 5.84 Å². The van der Waals surface area contributed by atoms with Crippen molar-refractivity contribution in [1.29, 1.82) is 0 Å². The van der Waals surface area contributed by atoms with E-state index in [0.717, 1.165) is 0 Å². The Morgan fingerprint density at radius 3 is 2.95 bits per heavy atom. The number of hydrogen-bond donors (Lipinski definition) is 3. The number of carbonyl (C=O) groups excluding carboxylic acids is 1. The second-order valence-electron chi connectivity index (χ2n) is 3.96. The number of nitrogens with zero attached hydrogens (tertiary/aromatic N) is 3. The van der Waals surface area contributed by atoms with Crippen LogP contribution < -0.4 is 16.6 Å². The number of rotatable bonds is 6. The first kappa shape index (κ1) is 14.6. The highest BCUT2D eigenvalue weighted by Gasteiger charge is 2.17. The van der Waals surface area contributed by atoms with E-state index in [9.17, 15) is 14.9 Å². The van der Waals surface area contributed by atoms with E-state index in [1.807, 2.05) is 0 Å². The van der Waals surface area contributed by atoms with Crippen molar-refractivity contribution in [3.05, 3.63) is 28.1 Å². The molecule has 4 N–H and O–H groups in total. The van der Waals surface area contributed by atoms with Crippen LogP contribution in [0.25, 0.3) is 0 Å². The van der Waals surface area contributed by atoms with E-state index >= 15 is 0 Å². The molecule has 9 nitrogen and oxygen atoms in total. The lowest BCUT2D eigenvalue weighted by atomic mass is 10.3. The van der Waals surface area contributed by atoms with Gasteiger partial charge in [0.25, 0.3) is 11.6 Å². The van der Waals surface area contributed by atoms with Crippen LogP contribution in [0.4, 0.5) is 5.69 Å². The molecule has 104 valence electrons. The minimum atomic E-state index is -0.545. The monoisotopic (exact) mass is 268 g/mol. The van der Waals surface area contributed by atoms with Gasteiger partial charge >= 0.3 is 0 Å². The number of aliphatic imine (C=N–C) groups is 1. The molecular weight excluding hydrogens is 252 g/mol. The number of nitrogens with two attached hydrogens (primary N) is 1. The van der Waals surface area contributed by atoms with E-state index in [-0.39, 0.29) is 17.4 Å². The zero-order valence-electron chi connectivity index (χ0n) is 10.7. The summed E-state index contributed by atoms with van der Waals surface area (Å²) in [5, 5.41) is 13.2. The average molecular weight is 268 g/mol. The molecule has 1 heterocycles. The average Bonchev–Trinajstić information content (AvgIpc) is 2.75. The van der Waals surface area contributed by atoms with Crippen molar-refractivity contribution in [2.24, 2.45) is 17.9 Å². The number of carbonyl (C=O) groups is 1. The normalized spacial score (nSPS) is 12.4. The maximum absolute atomic E-state index is 11.8. The van der Waals surface area contributed by atoms with Crippen molar-refractivity contribution in [2.45, 2.75) is 13.0 Å². The smallest absolute Gasteiger partial charge is 0.287 e. The van der Waals surface area contributed by atoms with Crippen LogP contribution in [0.5, 0.6) is 0 Å². The first-order chi connectivity index (χ1) is 8.95. The van der Waals surface area contributed by atoms with E-state index in [0.29, 0.717) is 6.54 Å². The van der Waals surface area contributed by atoms with Gasteiger partial charge in [0.15, 0.2) is 0 Å². The summed E-state index contributed by atoms with van der Waals surface area (Å²) in [6.07, 6.45) is 2.61. The van der Waals surface area contributed by atoms with Crippen molar-refractivity contribution >= 4 is 17.9 Å². The third kappa shape index (κ3) is 4.07. The predicted octanol–water partition coefficient (Wildman–Crippen LogP) is -0.457. The fraction of sp³-hybridized carbons (Fsp3) is 0.400. The summed E-state index contributed by atoms with van der Waals surface area (Å²) in [4.78, 5) is 25.9. The van der Waals surface area contributed by atoms with Crippen LogP contribution in [0.2, 0.25) is 0 Å². The second-order valence-corrected chi connectivity index (χ2v) is 3.96. The SMILES string of the molecule is CC(CNC(=O)c1cc([N+](=O)[O-])cn1C)N=CNN. The molecule has 0 aliphatic carbocycles. The summed E-state index contributed by atoms with van der Waals surface area (Å²) in [6.45, 7) is 2.09. The molecule has 1 aromatic rings. The number of aromatic nitrogens is 1. The molecule has 1 aromatic heterocycles. The number of amides is 1. The predicted molar refractivity (Wildman–Crippen MR) is 69.7 cm³/mol. The number of nitrogens with one attached hydrogen (secondary N) is 2. The molecular formula is C10H16N6O3. The van der Waals surface area contributed by atoms with Crippen LogP contribution in [-0.4, -0.2) is 34.3 Å². The standard InChI is InChI=1S/C10H16N6O3/c1-7(13-6-14-11)4-12-10(17)9-3-8(16(18)19)5-15(9)2/h3,5-7H,4,11H2,1-2H3,(H,12,17)(H,13,14). The van der Waals surface area contributed by atoms with Gasteiger partial charge in [-0.1, -0.05) is 0 Å². The maximum Gasteiger partial charge on any atom is 0.287 e. The molecule has 0 aliphatic rings. The number of nitro groups is 1. The Morgan fingerprint density at radius 2 is 2.42 bits per heavy atom. The summed E-state index contributed by atoms with van der Waals surface area (Å²) in [5.74, 6) is 4.63. The molecule has 0 spiro atoms. The third-order valence-corrected chi connectivity index (χ3v) is 2.40. The Morgan fingerprint density at radius 1 is 1.74 bits per heavy atom. The van der Waals surface area contributed by atoms with Crippen LogP contribution in [0.15, 0.2) is 17.3 Å². The van der Waals surface area contributed by atoms with Crippen molar-refractivity contribution in [3.8, 4) is 0 Å². The van der Waals surface area contributed by atoms with Gasteiger partial charge in [-0.15, -0.1) is 0 Å². The van der Waals surface area contributed by atoms with Gasteiger partial charge in [0.05, 0.1) is 23.5 Å². The minimum Gasteiger partial charge on any atom is -0.349 e. The highest BCUT2D eigenvalue weighted by molar-refractivity contribution is 5.93. The summed E-state index contributed by atoms with van der Waals surface area (Å²) in [7, 11) is 1.57. The van der Waals surface area contributed by atoms with Gasteiger partial charge in [0, 0.05) is 19.7 Å². The zero-order valence-corrected chi connectivity index (χ0v) is 10.7. The number of hydrogen-bond acceptors (Lipinski definition) is 5. The molecule has 0 bridgehead atoms. The summed E-state index contributed by atoms with van der Waals surface area (Å²) in [5.41, 5.74) is 2.36. The molecule has 1 atom stereocenters. The van der Waals surface area contributed by atoms with E-state index in [2.05, 4.69) is 15.7 Å². The van der Waals surface area contributed by atoms with Gasteiger partial charge in [-0.3, -0.25) is 19.9 Å². The highest BCUT2D eigenvalue weighted by atomic mass is 16.6. The van der Waals surface area contributed by atoms with Crippen molar-refractivity contribution < 1.29 is 9.72 Å². The molecule has 0 aliphatic heterocycles. The largest absolute Gasteiger partial charge is 0.349 e. The van der Waals surface area contributed by atoms with E-state index in [1.54, 1.807) is 14.0 Å². The van der Waals surface area contributed by atoms with Crippen molar-refractivity contribution in [2.75, 3.05) is 6.54 Å². The molecule has 0 fully saturated rings. The van der Waals surface area contributed by atoms with Gasteiger partial charge in [0.2, 0.25) is 0 Å². The first-order valence-electron chi connectivity index (χ1n) is 5.52. The van der Waals surface area contributed by atoms with E-state index in [4.69, 9.17) is 5.84 Å². The fourth-order valence-corrected chi connectivity index (χ4v) is 1.43. The molecule has 0 saturated carbocycles. The maximum atomic E-state index is 11.8. The topological polar surface area (TPSA) is 128 Å². The second kappa shape index (κ2) is 6.50. The molecule has 1 rings (SSSR count). The summed E-state index contributed by atoms with van der Waals surface area (Å²) in [6, 6.07) is 1.07. The van der Waals surface area contributed by atoms with Gasteiger partial charge in [0.1, 0.15) is 5.69 Å². The molecule has 0 aromatic carbocycles. The molecule has 9 heteroatoms. The molecule has 1 amide bonds. The van der Waals surface area contributed by atoms with Crippen LogP contribution in [0, 0.1) is 10.1 Å². The molecule has 0 saturated heterocycles. The van der Waals surface area contributed by atoms with Crippen LogP contribution in [0.3, 0.4) is 0 Å². The molecule has 0 radical (unpaired) electrons. The Bertz CT molecular complexity index is 495. The Balaban J connectivity index is 2.63. The Kier molecular flexibility index (Phi) is 5.01. The quantitative estimate of drug-likeness (QED) is 0.211. The van der Waals surface area contributed by atoms with Crippen LogP contribution in [0.1, 0.15) is 17.4 Å². The molecule has 19 heavy (non-hydrogen) atoms. The Hall–Kier alpha value is -2.42. The van der Waals surface area contributed by atoms with Crippen LogP contribution >= 0.6 is 0 Å². The van der Waals surface area contributed by atoms with E-state index in [1.165, 1.54) is 23.2 Å². The van der Waals surface area contributed by atoms with Gasteiger partial charge in [-0.2, -0.15) is 0 Å². The lowest BCUT2D eigenvalue weighted by Gasteiger charge is -2.08. The fourth-order valence-electron chi connectivity index (χ4n) is 1.43. The lowest BCUT2D eigenvalue weighted by molar-refractivity contribution is -0.384. The lowest BCUT2D eigenvalue weighted by Crippen LogP contribution is -2.32. The number of aryl methyl sites for hydroxylation is 1. The Labute approximate surface area is 109 Å². The molecule has 1 unspecified atom stereocenters. The third-order valence-electron chi connectivity index (χ3n) is 2.40. The zero-order chi connectivity index (χ0) is 14.4. The summed E-state index contributed by atoms with van der Waals surface area (Å²) < 4.78 is 1.41. The van der Waals surface area contributed by atoms with Crippen LogP contribution in [-0.2, 0) is 7.05 Å². The van der Waals surface area contributed by atoms with Crippen molar-refractivity contribution in [3.63, 3.8) is 0 Å². The van der Waals surface area contributed by atoms with Gasteiger partial charge in [-0.05, 0) is 6.92 Å². The van der Waals surface area contributed by atoms with E-state index < -0.39 is 10.8 Å². The highest BCUT2D eigenvalue weighted by Crippen LogP contribution is 2.14. The number of hydrazine groups is 1. The minimum absolute atomic E-state index is 0.119. The van der Waals surface area contributed by atoms with Gasteiger partial charge < -0.3 is 15.3 Å². The first-order valence-corrected chi connectivity index (χ1v) is 5.52.